The Bertz CT molecular complexity index is 1000. The van der Waals surface area contributed by atoms with Gasteiger partial charge in [0, 0.05) is 13.6 Å². The summed E-state index contributed by atoms with van der Waals surface area (Å²) in [7, 11) is 1.81. The maximum absolute atomic E-state index is 12.8. The van der Waals surface area contributed by atoms with E-state index in [9.17, 15) is 4.79 Å². The third-order valence-electron chi connectivity index (χ3n) is 5.09. The zero-order valence-electron chi connectivity index (χ0n) is 16.6. The lowest BCUT2D eigenvalue weighted by Crippen LogP contribution is -2.38. The maximum Gasteiger partial charge on any atom is 0.317 e. The van der Waals surface area contributed by atoms with Crippen LogP contribution in [0.1, 0.15) is 24.1 Å². The smallest absolute Gasteiger partial charge is 0.317 e. The van der Waals surface area contributed by atoms with Gasteiger partial charge in [0.25, 0.3) is 0 Å². The predicted octanol–water partition coefficient (Wildman–Crippen LogP) is 4.98. The van der Waals surface area contributed by atoms with E-state index in [2.05, 4.69) is 29.6 Å². The summed E-state index contributed by atoms with van der Waals surface area (Å²) >= 11 is 0. The summed E-state index contributed by atoms with van der Waals surface area (Å²) in [6.45, 7) is 2.72. The van der Waals surface area contributed by atoms with Gasteiger partial charge in [0.15, 0.2) is 11.5 Å². The van der Waals surface area contributed by atoms with Crippen molar-refractivity contribution in [3.05, 3.63) is 83.9 Å². The summed E-state index contributed by atoms with van der Waals surface area (Å²) in [6.07, 6.45) is 0. The van der Waals surface area contributed by atoms with Crippen LogP contribution in [0.5, 0.6) is 11.5 Å². The van der Waals surface area contributed by atoms with Crippen LogP contribution in [-0.4, -0.2) is 24.8 Å². The molecule has 0 saturated heterocycles. The van der Waals surface area contributed by atoms with E-state index in [0.29, 0.717) is 12.3 Å². The second kappa shape index (κ2) is 8.27. The zero-order valence-corrected chi connectivity index (χ0v) is 16.6. The summed E-state index contributed by atoms with van der Waals surface area (Å²) in [5.74, 6) is 1.45. The summed E-state index contributed by atoms with van der Waals surface area (Å²) in [4.78, 5) is 14.5. The zero-order chi connectivity index (χ0) is 20.2. The fraction of sp³-hybridized carbons (Fsp3) is 0.208. The van der Waals surface area contributed by atoms with Gasteiger partial charge in [0.2, 0.25) is 6.79 Å². The number of hydrogen-bond donors (Lipinski definition) is 1. The van der Waals surface area contributed by atoms with Gasteiger partial charge in [0.1, 0.15) is 0 Å². The summed E-state index contributed by atoms with van der Waals surface area (Å²) in [5, 5.41) is 3.06. The van der Waals surface area contributed by atoms with Crippen molar-refractivity contribution in [1.82, 2.24) is 10.2 Å². The minimum atomic E-state index is -0.149. The molecule has 0 fully saturated rings. The first-order chi connectivity index (χ1) is 14.1. The lowest BCUT2D eigenvalue weighted by molar-refractivity contribution is 0.174. The molecular weight excluding hydrogens is 364 g/mol. The lowest BCUT2D eigenvalue weighted by Gasteiger charge is -2.23. The molecule has 5 heteroatoms. The largest absolute Gasteiger partial charge is 0.454 e. The minimum absolute atomic E-state index is 0.127. The highest BCUT2D eigenvalue weighted by atomic mass is 16.7. The summed E-state index contributed by atoms with van der Waals surface area (Å²) in [6, 6.07) is 23.9. The first-order valence-corrected chi connectivity index (χ1v) is 9.66. The number of amides is 2. The van der Waals surface area contributed by atoms with Gasteiger partial charge >= 0.3 is 6.03 Å². The van der Waals surface area contributed by atoms with E-state index >= 15 is 0 Å². The first kappa shape index (κ1) is 18.9. The molecule has 0 aliphatic carbocycles. The molecule has 1 atom stereocenters. The monoisotopic (exact) mass is 388 g/mol. The molecule has 5 nitrogen and oxygen atoms in total. The molecule has 1 unspecified atom stereocenters. The molecule has 0 aromatic heterocycles. The van der Waals surface area contributed by atoms with Gasteiger partial charge < -0.3 is 19.7 Å². The molecule has 0 radical (unpaired) electrons. The molecule has 148 valence electrons. The molecule has 0 bridgehead atoms. The minimum Gasteiger partial charge on any atom is -0.454 e. The fourth-order valence-corrected chi connectivity index (χ4v) is 3.45. The Hall–Kier alpha value is -3.47. The molecule has 3 aromatic rings. The van der Waals surface area contributed by atoms with Crippen molar-refractivity contribution in [3.63, 3.8) is 0 Å². The van der Waals surface area contributed by atoms with Crippen LogP contribution in [0.15, 0.2) is 72.8 Å². The maximum atomic E-state index is 12.8. The lowest BCUT2D eigenvalue weighted by atomic mass is 9.99. The number of rotatable bonds is 5. The highest BCUT2D eigenvalue weighted by Crippen LogP contribution is 2.34. The second-order valence-corrected chi connectivity index (χ2v) is 7.16. The van der Waals surface area contributed by atoms with E-state index in [1.54, 1.807) is 4.90 Å². The molecule has 0 saturated carbocycles. The Morgan fingerprint density at radius 2 is 1.72 bits per heavy atom. The number of ether oxygens (including phenoxy) is 2. The molecule has 1 N–H and O–H groups in total. The number of carbonyl (C=O) groups excluding carboxylic acids is 1. The number of hydrogen-bond acceptors (Lipinski definition) is 3. The average Bonchev–Trinajstić information content (AvgIpc) is 3.22. The van der Waals surface area contributed by atoms with Gasteiger partial charge in [-0.05, 0) is 41.3 Å². The molecule has 29 heavy (non-hydrogen) atoms. The van der Waals surface area contributed by atoms with Gasteiger partial charge in [-0.1, -0.05) is 60.7 Å². The van der Waals surface area contributed by atoms with Crippen molar-refractivity contribution in [1.29, 1.82) is 0 Å². The summed E-state index contributed by atoms with van der Waals surface area (Å²) < 4.78 is 10.8. The molecule has 4 rings (SSSR count). The van der Waals surface area contributed by atoms with Crippen LogP contribution in [0, 0.1) is 0 Å². The number of urea groups is 1. The highest BCUT2D eigenvalue weighted by Gasteiger charge is 2.18. The molecule has 1 aliphatic rings. The van der Waals surface area contributed by atoms with Gasteiger partial charge in [0.05, 0.1) is 6.04 Å². The third kappa shape index (κ3) is 4.19. The Morgan fingerprint density at radius 1 is 1.00 bits per heavy atom. The van der Waals surface area contributed by atoms with Gasteiger partial charge in [-0.25, -0.2) is 4.79 Å². The summed E-state index contributed by atoms with van der Waals surface area (Å²) in [5.41, 5.74) is 4.36. The van der Waals surface area contributed by atoms with Crippen molar-refractivity contribution in [2.75, 3.05) is 13.8 Å². The number of fused-ring (bicyclic) bond motifs is 1. The standard InChI is InChI=1S/C24H24N2O3/c1-17(19-12-13-22-23(14-19)29-16-28-22)25-24(27)26(2)15-20-10-6-7-11-21(20)18-8-4-3-5-9-18/h3-14,17H,15-16H2,1-2H3,(H,25,27). The molecule has 3 aromatic carbocycles. The molecule has 2 amide bonds. The SMILES string of the molecule is CC(NC(=O)N(C)Cc1ccccc1-c1ccccc1)c1ccc2c(c1)OCO2. The normalized spacial score (nSPS) is 13.0. The van der Waals surface area contributed by atoms with E-state index in [1.165, 1.54) is 0 Å². The molecule has 1 aliphatic heterocycles. The van der Waals surface area contributed by atoms with Crippen LogP contribution in [-0.2, 0) is 6.54 Å². The topological polar surface area (TPSA) is 50.8 Å². The highest BCUT2D eigenvalue weighted by molar-refractivity contribution is 5.75. The van der Waals surface area contributed by atoms with Crippen molar-refractivity contribution in [3.8, 4) is 22.6 Å². The number of nitrogens with zero attached hydrogens (tertiary/aromatic N) is 1. The van der Waals surface area contributed by atoms with Crippen molar-refractivity contribution < 1.29 is 14.3 Å². The average molecular weight is 388 g/mol. The Kier molecular flexibility index (Phi) is 5.38. The van der Waals surface area contributed by atoms with Crippen LogP contribution in [0.4, 0.5) is 4.79 Å². The van der Waals surface area contributed by atoms with Crippen molar-refractivity contribution in [2.24, 2.45) is 0 Å². The Morgan fingerprint density at radius 3 is 2.55 bits per heavy atom. The predicted molar refractivity (Wildman–Crippen MR) is 113 cm³/mol. The van der Waals surface area contributed by atoms with Gasteiger partial charge in [-0.3, -0.25) is 0 Å². The van der Waals surface area contributed by atoms with Gasteiger partial charge in [-0.2, -0.15) is 0 Å². The fourth-order valence-electron chi connectivity index (χ4n) is 3.45. The van der Waals surface area contributed by atoms with Crippen LogP contribution in [0.3, 0.4) is 0 Å². The van der Waals surface area contributed by atoms with Crippen molar-refractivity contribution in [2.45, 2.75) is 19.5 Å². The van der Waals surface area contributed by atoms with E-state index in [1.807, 2.05) is 62.5 Å². The van der Waals surface area contributed by atoms with E-state index in [0.717, 1.165) is 28.0 Å². The van der Waals surface area contributed by atoms with E-state index < -0.39 is 0 Å². The third-order valence-corrected chi connectivity index (χ3v) is 5.09. The molecule has 1 heterocycles. The van der Waals surface area contributed by atoms with Crippen LogP contribution in [0.25, 0.3) is 11.1 Å². The second-order valence-electron chi connectivity index (χ2n) is 7.16. The van der Waals surface area contributed by atoms with Crippen molar-refractivity contribution >= 4 is 6.03 Å². The Labute approximate surface area is 170 Å². The van der Waals surface area contributed by atoms with Crippen LogP contribution < -0.4 is 14.8 Å². The Balaban J connectivity index is 1.44. The van der Waals surface area contributed by atoms with Crippen LogP contribution in [0.2, 0.25) is 0 Å². The first-order valence-electron chi connectivity index (χ1n) is 9.66. The van der Waals surface area contributed by atoms with Gasteiger partial charge in [-0.15, -0.1) is 0 Å². The molecule has 0 spiro atoms. The van der Waals surface area contributed by atoms with E-state index in [4.69, 9.17) is 9.47 Å². The number of carbonyl (C=O) groups is 1. The quantitative estimate of drug-likeness (QED) is 0.670. The molecular formula is C24H24N2O3. The number of nitrogens with one attached hydrogen (secondary N) is 1. The van der Waals surface area contributed by atoms with Crippen LogP contribution >= 0.6 is 0 Å². The van der Waals surface area contributed by atoms with E-state index in [-0.39, 0.29) is 18.9 Å². The number of benzene rings is 3.